The number of fused-ring (bicyclic) bond motifs is 2. The van der Waals surface area contributed by atoms with E-state index in [-0.39, 0.29) is 5.41 Å². The van der Waals surface area contributed by atoms with Crippen LogP contribution in [0, 0.1) is 25.2 Å². The van der Waals surface area contributed by atoms with Gasteiger partial charge in [-0.25, -0.2) is 9.97 Å². The Morgan fingerprint density at radius 3 is 3.11 bits per heavy atom. The van der Waals surface area contributed by atoms with Gasteiger partial charge in [0.05, 0.1) is 6.61 Å². The van der Waals surface area contributed by atoms with E-state index in [1.165, 1.54) is 19.3 Å². The molecule has 2 fully saturated rings. The summed E-state index contributed by atoms with van der Waals surface area (Å²) in [5.41, 5.74) is 2.93. The highest BCUT2D eigenvalue weighted by atomic mass is 16.5. The zero-order chi connectivity index (χ0) is 18.4. The molecule has 0 N–H and O–H groups in total. The number of anilines is 1. The number of hydrogen-bond acceptors (Lipinski definition) is 7. The first-order valence-corrected chi connectivity index (χ1v) is 9.48. The van der Waals surface area contributed by atoms with Gasteiger partial charge >= 0.3 is 0 Å². The molecule has 1 saturated carbocycles. The zero-order valence-corrected chi connectivity index (χ0v) is 15.7. The number of hydrogen-bond donors (Lipinski definition) is 0. The first-order chi connectivity index (χ1) is 13.1. The van der Waals surface area contributed by atoms with Crippen LogP contribution in [-0.2, 0) is 0 Å². The first kappa shape index (κ1) is 16.4. The third-order valence-electron chi connectivity index (χ3n) is 6.30. The molecular weight excluding hydrogens is 342 g/mol. The maximum absolute atomic E-state index is 6.22. The van der Waals surface area contributed by atoms with Gasteiger partial charge in [-0.3, -0.25) is 0 Å². The van der Waals surface area contributed by atoms with Crippen LogP contribution in [0.3, 0.4) is 0 Å². The van der Waals surface area contributed by atoms with Crippen molar-refractivity contribution < 1.29 is 4.74 Å². The summed E-state index contributed by atoms with van der Waals surface area (Å²) in [7, 11) is 0. The van der Waals surface area contributed by atoms with Crippen molar-refractivity contribution in [1.82, 2.24) is 29.8 Å². The molecule has 0 bridgehead atoms. The van der Waals surface area contributed by atoms with Gasteiger partial charge in [0.1, 0.15) is 18.5 Å². The minimum atomic E-state index is 0.162. The SMILES string of the molecule is Cc1ncnc(OCC23CCCC2CN(c2ccc4nncn4n2)C3)c1C. The fourth-order valence-electron chi connectivity index (χ4n) is 4.59. The van der Waals surface area contributed by atoms with Gasteiger partial charge in [-0.05, 0) is 44.7 Å². The van der Waals surface area contributed by atoms with Gasteiger partial charge in [-0.15, -0.1) is 15.3 Å². The van der Waals surface area contributed by atoms with E-state index >= 15 is 0 Å². The van der Waals surface area contributed by atoms with Crippen LogP contribution in [0.5, 0.6) is 5.88 Å². The normalized spacial score (nSPS) is 24.5. The van der Waals surface area contributed by atoms with Crippen molar-refractivity contribution in [1.29, 1.82) is 0 Å². The Hall–Kier alpha value is -2.77. The van der Waals surface area contributed by atoms with Gasteiger partial charge in [-0.2, -0.15) is 4.52 Å². The van der Waals surface area contributed by atoms with Crippen LogP contribution in [0.2, 0.25) is 0 Å². The predicted octanol–water partition coefficient (Wildman–Crippen LogP) is 2.22. The van der Waals surface area contributed by atoms with Crippen molar-refractivity contribution in [2.75, 3.05) is 24.6 Å². The zero-order valence-electron chi connectivity index (χ0n) is 15.7. The van der Waals surface area contributed by atoms with Crippen molar-refractivity contribution in [3.05, 3.63) is 36.0 Å². The van der Waals surface area contributed by atoms with Crippen molar-refractivity contribution in [2.45, 2.75) is 33.1 Å². The van der Waals surface area contributed by atoms with Crippen molar-refractivity contribution in [2.24, 2.45) is 11.3 Å². The van der Waals surface area contributed by atoms with Crippen LogP contribution in [0.1, 0.15) is 30.5 Å². The number of aromatic nitrogens is 6. The molecule has 4 heterocycles. The Morgan fingerprint density at radius 2 is 2.19 bits per heavy atom. The molecule has 0 aromatic carbocycles. The summed E-state index contributed by atoms with van der Waals surface area (Å²) in [6.45, 7) is 6.69. The molecule has 1 aliphatic carbocycles. The highest BCUT2D eigenvalue weighted by Gasteiger charge is 2.50. The van der Waals surface area contributed by atoms with E-state index in [9.17, 15) is 0 Å². The average molecular weight is 365 g/mol. The molecule has 140 valence electrons. The summed E-state index contributed by atoms with van der Waals surface area (Å²) in [5.74, 6) is 2.31. The van der Waals surface area contributed by atoms with Gasteiger partial charge < -0.3 is 9.64 Å². The van der Waals surface area contributed by atoms with E-state index in [1.54, 1.807) is 17.2 Å². The summed E-state index contributed by atoms with van der Waals surface area (Å²) in [5, 5.41) is 12.6. The van der Waals surface area contributed by atoms with E-state index < -0.39 is 0 Å². The van der Waals surface area contributed by atoms with Crippen molar-refractivity contribution in [3.8, 4) is 5.88 Å². The Labute approximate surface area is 157 Å². The number of nitrogens with zero attached hydrogens (tertiary/aromatic N) is 7. The van der Waals surface area contributed by atoms with Crippen LogP contribution >= 0.6 is 0 Å². The Morgan fingerprint density at radius 1 is 1.26 bits per heavy atom. The van der Waals surface area contributed by atoms with E-state index in [2.05, 4.69) is 30.2 Å². The van der Waals surface area contributed by atoms with E-state index in [0.717, 1.165) is 35.8 Å². The topological polar surface area (TPSA) is 81.3 Å². The lowest BCUT2D eigenvalue weighted by molar-refractivity contribution is 0.133. The lowest BCUT2D eigenvalue weighted by Gasteiger charge is -2.29. The maximum atomic E-state index is 6.22. The van der Waals surface area contributed by atoms with Crippen LogP contribution in [-0.4, -0.2) is 49.5 Å². The summed E-state index contributed by atoms with van der Waals surface area (Å²) in [4.78, 5) is 11.0. The molecular formula is C19H23N7O. The number of rotatable bonds is 4. The lowest BCUT2D eigenvalue weighted by atomic mass is 9.81. The van der Waals surface area contributed by atoms with Gasteiger partial charge in [0, 0.05) is 29.8 Å². The minimum absolute atomic E-state index is 0.162. The quantitative estimate of drug-likeness (QED) is 0.701. The second-order valence-electron chi connectivity index (χ2n) is 7.84. The maximum Gasteiger partial charge on any atom is 0.219 e. The van der Waals surface area contributed by atoms with Crippen LogP contribution in [0.15, 0.2) is 24.8 Å². The number of aryl methyl sites for hydroxylation is 1. The Bertz CT molecular complexity index is 987. The predicted molar refractivity (Wildman–Crippen MR) is 99.8 cm³/mol. The third-order valence-corrected chi connectivity index (χ3v) is 6.30. The summed E-state index contributed by atoms with van der Waals surface area (Å²) >= 11 is 0. The molecule has 3 aromatic heterocycles. The highest BCUT2D eigenvalue weighted by molar-refractivity contribution is 5.46. The Balaban J connectivity index is 1.37. The van der Waals surface area contributed by atoms with Gasteiger partial charge in [0.25, 0.3) is 0 Å². The minimum Gasteiger partial charge on any atom is -0.477 e. The number of ether oxygens (including phenoxy) is 1. The molecule has 2 atom stereocenters. The smallest absolute Gasteiger partial charge is 0.219 e. The van der Waals surface area contributed by atoms with Gasteiger partial charge in [-0.1, -0.05) is 6.42 Å². The Kier molecular flexibility index (Phi) is 3.73. The molecule has 2 aliphatic rings. The molecule has 2 unspecified atom stereocenters. The molecule has 0 radical (unpaired) electrons. The molecule has 0 amide bonds. The fourth-order valence-corrected chi connectivity index (χ4v) is 4.59. The average Bonchev–Trinajstić information content (AvgIpc) is 3.35. The summed E-state index contributed by atoms with van der Waals surface area (Å²) < 4.78 is 7.96. The summed E-state index contributed by atoms with van der Waals surface area (Å²) in [6.07, 6.45) is 6.93. The van der Waals surface area contributed by atoms with E-state index in [0.29, 0.717) is 18.4 Å². The summed E-state index contributed by atoms with van der Waals surface area (Å²) in [6, 6.07) is 4.01. The highest BCUT2D eigenvalue weighted by Crippen LogP contribution is 2.49. The molecule has 8 nitrogen and oxygen atoms in total. The molecule has 0 spiro atoms. The van der Waals surface area contributed by atoms with Crippen LogP contribution < -0.4 is 9.64 Å². The second-order valence-corrected chi connectivity index (χ2v) is 7.84. The third kappa shape index (κ3) is 2.70. The molecule has 3 aromatic rings. The molecule has 1 saturated heterocycles. The van der Waals surface area contributed by atoms with Crippen LogP contribution in [0.25, 0.3) is 5.65 Å². The first-order valence-electron chi connectivity index (χ1n) is 9.48. The molecule has 8 heteroatoms. The van der Waals surface area contributed by atoms with Gasteiger partial charge in [0.2, 0.25) is 5.88 Å². The molecule has 27 heavy (non-hydrogen) atoms. The molecule has 1 aliphatic heterocycles. The van der Waals surface area contributed by atoms with Crippen molar-refractivity contribution >= 4 is 11.5 Å². The molecule has 5 rings (SSSR count). The fraction of sp³-hybridized carbons (Fsp3) is 0.526. The largest absolute Gasteiger partial charge is 0.477 e. The van der Waals surface area contributed by atoms with Gasteiger partial charge in [0.15, 0.2) is 5.65 Å². The lowest BCUT2D eigenvalue weighted by Crippen LogP contribution is -2.34. The second kappa shape index (κ2) is 6.14. The van der Waals surface area contributed by atoms with E-state index in [1.807, 2.05) is 26.0 Å². The standard InChI is InChI=1S/C19H23N7O/c1-13-14(2)20-11-21-18(13)27-10-19-7-3-4-15(19)8-25(9-19)17-6-5-16-23-22-12-26(16)24-17/h5-6,11-12,15H,3-4,7-10H2,1-2H3. The van der Waals surface area contributed by atoms with E-state index in [4.69, 9.17) is 4.74 Å². The van der Waals surface area contributed by atoms with Crippen molar-refractivity contribution in [3.63, 3.8) is 0 Å². The monoisotopic (exact) mass is 365 g/mol. The van der Waals surface area contributed by atoms with Crippen LogP contribution in [0.4, 0.5) is 5.82 Å².